The molecule has 0 atom stereocenters. The second kappa shape index (κ2) is 3.02. The van der Waals surface area contributed by atoms with E-state index in [1.54, 1.807) is 12.3 Å². The summed E-state index contributed by atoms with van der Waals surface area (Å²) in [5.74, 6) is 0.972. The molecule has 2 N–H and O–H groups in total. The Morgan fingerprint density at radius 1 is 1.46 bits per heavy atom. The van der Waals surface area contributed by atoms with E-state index in [0.29, 0.717) is 16.7 Å². The molecule has 6 heteroatoms. The number of hydrogen-bond acceptors (Lipinski definition) is 4. The number of nitrogens with two attached hydrogens (primary N) is 1. The Balaban J connectivity index is 2.53. The van der Waals surface area contributed by atoms with E-state index in [2.05, 4.69) is 15.1 Å². The van der Waals surface area contributed by atoms with Crippen LogP contribution in [-0.4, -0.2) is 19.7 Å². The first-order valence-corrected chi connectivity index (χ1v) is 3.92. The first-order valence-electron chi connectivity index (χ1n) is 3.54. The zero-order valence-corrected chi connectivity index (χ0v) is 7.31. The van der Waals surface area contributed by atoms with Crippen molar-refractivity contribution in [1.29, 1.82) is 0 Å². The third-order valence-corrected chi connectivity index (χ3v) is 1.83. The summed E-state index contributed by atoms with van der Waals surface area (Å²) < 4.78 is 1.45. The van der Waals surface area contributed by atoms with Gasteiger partial charge in [-0.05, 0) is 0 Å². The number of nitrogens with zero attached hydrogens (tertiary/aromatic N) is 4. The highest BCUT2D eigenvalue weighted by molar-refractivity contribution is 6.32. The summed E-state index contributed by atoms with van der Waals surface area (Å²) in [4.78, 5) is 7.76. The van der Waals surface area contributed by atoms with E-state index in [1.807, 2.05) is 0 Å². The first-order chi connectivity index (χ1) is 6.29. The van der Waals surface area contributed by atoms with Crippen molar-refractivity contribution < 1.29 is 0 Å². The van der Waals surface area contributed by atoms with Gasteiger partial charge in [0, 0.05) is 12.3 Å². The molecule has 0 aromatic carbocycles. The molecule has 0 amide bonds. The van der Waals surface area contributed by atoms with Crippen LogP contribution in [0.4, 0.5) is 5.82 Å². The Kier molecular flexibility index (Phi) is 1.86. The van der Waals surface area contributed by atoms with Crippen LogP contribution in [0.25, 0.3) is 5.82 Å². The van der Waals surface area contributed by atoms with Crippen LogP contribution in [0.15, 0.2) is 24.8 Å². The molecule has 0 aliphatic heterocycles. The van der Waals surface area contributed by atoms with E-state index in [9.17, 15) is 0 Å². The van der Waals surface area contributed by atoms with Crippen molar-refractivity contribution >= 4 is 17.4 Å². The van der Waals surface area contributed by atoms with Crippen molar-refractivity contribution in [2.45, 2.75) is 0 Å². The van der Waals surface area contributed by atoms with E-state index >= 15 is 0 Å². The van der Waals surface area contributed by atoms with Crippen LogP contribution in [0.2, 0.25) is 5.02 Å². The number of aromatic nitrogens is 4. The molecule has 0 saturated heterocycles. The molecule has 0 unspecified atom stereocenters. The quantitative estimate of drug-likeness (QED) is 0.734. The second-order valence-corrected chi connectivity index (χ2v) is 2.76. The van der Waals surface area contributed by atoms with Crippen LogP contribution >= 0.6 is 11.6 Å². The molecule has 2 rings (SSSR count). The molecule has 13 heavy (non-hydrogen) atoms. The normalized spacial score (nSPS) is 10.2. The van der Waals surface area contributed by atoms with Crippen LogP contribution in [0.1, 0.15) is 0 Å². The van der Waals surface area contributed by atoms with Crippen LogP contribution in [0, 0.1) is 0 Å². The molecule has 0 aliphatic rings. The molecular formula is C7H6ClN5. The molecule has 0 aliphatic carbocycles. The maximum Gasteiger partial charge on any atom is 0.159 e. The van der Waals surface area contributed by atoms with E-state index in [0.717, 1.165) is 0 Å². The number of rotatable bonds is 1. The highest BCUT2D eigenvalue weighted by Crippen LogP contribution is 2.19. The van der Waals surface area contributed by atoms with Crippen molar-refractivity contribution in [2.24, 2.45) is 0 Å². The average Bonchev–Trinajstić information content (AvgIpc) is 2.49. The Morgan fingerprint density at radius 2 is 2.31 bits per heavy atom. The number of anilines is 1. The van der Waals surface area contributed by atoms with E-state index in [1.165, 1.54) is 17.2 Å². The van der Waals surface area contributed by atoms with Gasteiger partial charge >= 0.3 is 0 Å². The summed E-state index contributed by atoms with van der Waals surface area (Å²) in [5, 5.41) is 4.37. The van der Waals surface area contributed by atoms with Gasteiger partial charge in [-0.15, -0.1) is 0 Å². The molecule has 0 spiro atoms. The molecule has 2 heterocycles. The van der Waals surface area contributed by atoms with Crippen molar-refractivity contribution in [3.05, 3.63) is 29.8 Å². The fraction of sp³-hybridized carbons (Fsp3) is 0. The van der Waals surface area contributed by atoms with Crippen LogP contribution in [0.3, 0.4) is 0 Å². The Labute approximate surface area is 79.2 Å². The molecular weight excluding hydrogens is 190 g/mol. The summed E-state index contributed by atoms with van der Waals surface area (Å²) in [7, 11) is 0. The Hall–Kier alpha value is -1.62. The highest BCUT2D eigenvalue weighted by Gasteiger charge is 2.06. The van der Waals surface area contributed by atoms with Crippen LogP contribution in [-0.2, 0) is 0 Å². The van der Waals surface area contributed by atoms with Crippen molar-refractivity contribution in [1.82, 2.24) is 19.7 Å². The van der Waals surface area contributed by atoms with Gasteiger partial charge < -0.3 is 5.73 Å². The second-order valence-electron chi connectivity index (χ2n) is 2.36. The van der Waals surface area contributed by atoms with Gasteiger partial charge in [-0.1, -0.05) is 11.6 Å². The predicted molar refractivity (Wildman–Crippen MR) is 48.6 cm³/mol. The van der Waals surface area contributed by atoms with Crippen molar-refractivity contribution in [2.75, 3.05) is 5.73 Å². The van der Waals surface area contributed by atoms with Crippen LogP contribution in [0.5, 0.6) is 0 Å². The van der Waals surface area contributed by atoms with Gasteiger partial charge in [-0.25, -0.2) is 9.97 Å². The molecule has 2 aromatic heterocycles. The Bertz CT molecular complexity index is 410. The van der Waals surface area contributed by atoms with Crippen molar-refractivity contribution in [3.8, 4) is 5.82 Å². The fourth-order valence-electron chi connectivity index (χ4n) is 0.929. The van der Waals surface area contributed by atoms with Gasteiger partial charge in [0.15, 0.2) is 5.82 Å². The molecule has 2 aromatic rings. The monoisotopic (exact) mass is 195 g/mol. The third-order valence-electron chi connectivity index (χ3n) is 1.54. The molecule has 5 nitrogen and oxygen atoms in total. The minimum atomic E-state index is 0.375. The fourth-order valence-corrected chi connectivity index (χ4v) is 1.05. The van der Waals surface area contributed by atoms with Gasteiger partial charge in [0.1, 0.15) is 17.2 Å². The van der Waals surface area contributed by atoms with Gasteiger partial charge in [-0.2, -0.15) is 9.78 Å². The van der Waals surface area contributed by atoms with E-state index < -0.39 is 0 Å². The predicted octanol–water partition coefficient (Wildman–Crippen LogP) is 0.898. The van der Waals surface area contributed by atoms with E-state index in [-0.39, 0.29) is 0 Å². The maximum absolute atomic E-state index is 5.73. The largest absolute Gasteiger partial charge is 0.382 e. The van der Waals surface area contributed by atoms with E-state index in [4.69, 9.17) is 17.3 Å². The minimum absolute atomic E-state index is 0.375. The van der Waals surface area contributed by atoms with Gasteiger partial charge in [-0.3, -0.25) is 0 Å². The molecule has 0 radical (unpaired) electrons. The summed E-state index contributed by atoms with van der Waals surface area (Å²) in [6.07, 6.45) is 4.50. The molecule has 0 saturated carbocycles. The average molecular weight is 196 g/mol. The lowest BCUT2D eigenvalue weighted by atomic mass is 10.5. The Morgan fingerprint density at radius 3 is 2.85 bits per heavy atom. The molecule has 66 valence electrons. The lowest BCUT2D eigenvalue weighted by Gasteiger charge is -2.00. The molecule has 0 fully saturated rings. The summed E-state index contributed by atoms with van der Waals surface area (Å²) in [5.41, 5.74) is 5.64. The zero-order chi connectivity index (χ0) is 9.26. The first kappa shape index (κ1) is 8.00. The minimum Gasteiger partial charge on any atom is -0.382 e. The summed E-state index contributed by atoms with van der Waals surface area (Å²) in [6, 6.07) is 1.69. The number of hydrogen-bond donors (Lipinski definition) is 1. The smallest absolute Gasteiger partial charge is 0.159 e. The van der Waals surface area contributed by atoms with Crippen molar-refractivity contribution in [3.63, 3.8) is 0 Å². The summed E-state index contributed by atoms with van der Waals surface area (Å²) in [6.45, 7) is 0. The topological polar surface area (TPSA) is 69.6 Å². The van der Waals surface area contributed by atoms with Gasteiger partial charge in [0.05, 0.1) is 6.20 Å². The highest BCUT2D eigenvalue weighted by atomic mass is 35.5. The lowest BCUT2D eigenvalue weighted by Crippen LogP contribution is -2.03. The lowest BCUT2D eigenvalue weighted by molar-refractivity contribution is 0.849. The molecule has 0 bridgehead atoms. The number of halogens is 1. The SMILES string of the molecule is Nc1c(Cl)cnn1-c1ccncn1. The number of nitrogen functional groups attached to an aromatic ring is 1. The van der Waals surface area contributed by atoms with Gasteiger partial charge in [0.2, 0.25) is 0 Å². The summed E-state index contributed by atoms with van der Waals surface area (Å²) >= 11 is 5.73. The van der Waals surface area contributed by atoms with Gasteiger partial charge in [0.25, 0.3) is 0 Å². The maximum atomic E-state index is 5.73. The standard InChI is InChI=1S/C7H6ClN5/c8-5-3-12-13(7(5)9)6-1-2-10-4-11-6/h1-4H,9H2. The third kappa shape index (κ3) is 1.33. The van der Waals surface area contributed by atoms with Crippen LogP contribution < -0.4 is 5.73 Å². The zero-order valence-electron chi connectivity index (χ0n) is 6.55.